The highest BCUT2D eigenvalue weighted by Gasteiger charge is 2.40. The van der Waals surface area contributed by atoms with Crippen LogP contribution in [0.3, 0.4) is 0 Å². The van der Waals surface area contributed by atoms with Gasteiger partial charge in [-0.05, 0) is 18.6 Å². The number of hydrogen-bond acceptors (Lipinski definition) is 5. The molecule has 1 fully saturated rings. The molecule has 0 unspecified atom stereocenters. The minimum absolute atomic E-state index is 0.135. The second-order valence-corrected chi connectivity index (χ2v) is 5.01. The number of hydrazine groups is 1. The zero-order valence-corrected chi connectivity index (χ0v) is 11.1. The molecule has 0 spiro atoms. The number of likely N-dealkylation sites (tertiary alicyclic amines) is 1. The van der Waals surface area contributed by atoms with Crippen molar-refractivity contribution in [2.75, 3.05) is 25.1 Å². The molecule has 0 radical (unpaired) electrons. The SMILES string of the molecule is CCCC1(O)CN(CC(=O)NNc2ccccn2)C1. The highest BCUT2D eigenvalue weighted by Crippen LogP contribution is 2.24. The molecule has 0 bridgehead atoms. The Morgan fingerprint density at radius 1 is 1.53 bits per heavy atom. The molecule has 6 nitrogen and oxygen atoms in total. The topological polar surface area (TPSA) is 77.5 Å². The zero-order valence-electron chi connectivity index (χ0n) is 11.1. The smallest absolute Gasteiger partial charge is 0.252 e. The van der Waals surface area contributed by atoms with E-state index in [1.807, 2.05) is 24.0 Å². The quantitative estimate of drug-likeness (QED) is 0.647. The number of nitrogens with zero attached hydrogens (tertiary/aromatic N) is 2. The predicted molar refractivity (Wildman–Crippen MR) is 72.3 cm³/mol. The zero-order chi connectivity index (χ0) is 13.7. The van der Waals surface area contributed by atoms with Crippen LogP contribution in [-0.4, -0.2) is 46.1 Å². The molecule has 2 heterocycles. The number of rotatable bonds is 6. The average molecular weight is 264 g/mol. The van der Waals surface area contributed by atoms with Crippen molar-refractivity contribution in [1.29, 1.82) is 0 Å². The second kappa shape index (κ2) is 5.99. The largest absolute Gasteiger partial charge is 0.387 e. The van der Waals surface area contributed by atoms with Gasteiger partial charge in [-0.1, -0.05) is 19.4 Å². The number of aromatic nitrogens is 1. The maximum Gasteiger partial charge on any atom is 0.252 e. The van der Waals surface area contributed by atoms with Crippen molar-refractivity contribution in [2.45, 2.75) is 25.4 Å². The van der Waals surface area contributed by atoms with Crippen LogP contribution in [0.25, 0.3) is 0 Å². The molecule has 6 heteroatoms. The lowest BCUT2D eigenvalue weighted by Crippen LogP contribution is -2.63. The fraction of sp³-hybridized carbons (Fsp3) is 0.538. The minimum atomic E-state index is -0.594. The van der Waals surface area contributed by atoms with E-state index in [4.69, 9.17) is 0 Å². The van der Waals surface area contributed by atoms with E-state index in [1.54, 1.807) is 12.3 Å². The molecule has 2 rings (SSSR count). The Morgan fingerprint density at radius 3 is 2.95 bits per heavy atom. The average Bonchev–Trinajstić information content (AvgIpc) is 2.36. The molecule has 3 N–H and O–H groups in total. The number of carbonyl (C=O) groups is 1. The van der Waals surface area contributed by atoms with Gasteiger partial charge in [-0.15, -0.1) is 0 Å². The summed E-state index contributed by atoms with van der Waals surface area (Å²) in [4.78, 5) is 17.6. The second-order valence-electron chi connectivity index (χ2n) is 5.01. The van der Waals surface area contributed by atoms with Crippen LogP contribution in [-0.2, 0) is 4.79 Å². The molecule has 0 aromatic carbocycles. The summed E-state index contributed by atoms with van der Waals surface area (Å²) >= 11 is 0. The minimum Gasteiger partial charge on any atom is -0.387 e. The maximum absolute atomic E-state index is 11.7. The van der Waals surface area contributed by atoms with E-state index in [9.17, 15) is 9.90 Å². The van der Waals surface area contributed by atoms with Gasteiger partial charge in [-0.3, -0.25) is 20.5 Å². The molecule has 1 amide bonds. The summed E-state index contributed by atoms with van der Waals surface area (Å²) in [5.41, 5.74) is 4.73. The summed E-state index contributed by atoms with van der Waals surface area (Å²) in [6, 6.07) is 5.41. The highest BCUT2D eigenvalue weighted by molar-refractivity contribution is 5.79. The number of nitrogens with one attached hydrogen (secondary N) is 2. The van der Waals surface area contributed by atoms with Crippen LogP contribution in [0.5, 0.6) is 0 Å². The van der Waals surface area contributed by atoms with Crippen LogP contribution in [0.2, 0.25) is 0 Å². The molecular weight excluding hydrogens is 244 g/mol. The first-order valence-electron chi connectivity index (χ1n) is 6.52. The fourth-order valence-corrected chi connectivity index (χ4v) is 2.33. The molecular formula is C13H20N4O2. The van der Waals surface area contributed by atoms with E-state index in [2.05, 4.69) is 15.8 Å². The van der Waals surface area contributed by atoms with E-state index >= 15 is 0 Å². The standard InChI is InChI=1S/C13H20N4O2/c1-2-6-13(19)9-17(10-13)8-12(18)16-15-11-5-3-4-7-14-11/h3-5,7,19H,2,6,8-10H2,1H3,(H,14,15)(H,16,18). The van der Waals surface area contributed by atoms with Crippen LogP contribution >= 0.6 is 0 Å². The van der Waals surface area contributed by atoms with Gasteiger partial charge < -0.3 is 5.11 Å². The molecule has 0 saturated carbocycles. The van der Waals surface area contributed by atoms with Crippen LogP contribution < -0.4 is 10.9 Å². The van der Waals surface area contributed by atoms with Crippen LogP contribution in [0.4, 0.5) is 5.82 Å². The van der Waals surface area contributed by atoms with Gasteiger partial charge in [0.05, 0.1) is 12.1 Å². The van der Waals surface area contributed by atoms with Crippen molar-refractivity contribution < 1.29 is 9.90 Å². The maximum atomic E-state index is 11.7. The van der Waals surface area contributed by atoms with Crippen molar-refractivity contribution in [3.8, 4) is 0 Å². The van der Waals surface area contributed by atoms with Gasteiger partial charge in [0.1, 0.15) is 5.82 Å². The summed E-state index contributed by atoms with van der Waals surface area (Å²) in [5.74, 6) is 0.464. The third-order valence-corrected chi connectivity index (χ3v) is 3.11. The Morgan fingerprint density at radius 2 is 2.32 bits per heavy atom. The molecule has 104 valence electrons. The molecule has 1 saturated heterocycles. The van der Waals surface area contributed by atoms with E-state index in [0.29, 0.717) is 18.9 Å². The highest BCUT2D eigenvalue weighted by atomic mass is 16.3. The normalized spacial score (nSPS) is 17.6. The number of pyridine rings is 1. The van der Waals surface area contributed by atoms with Gasteiger partial charge >= 0.3 is 0 Å². The number of anilines is 1. The number of aliphatic hydroxyl groups is 1. The molecule has 1 aromatic rings. The van der Waals surface area contributed by atoms with Crippen molar-refractivity contribution in [2.24, 2.45) is 0 Å². The Bertz CT molecular complexity index is 418. The van der Waals surface area contributed by atoms with Gasteiger partial charge in [0, 0.05) is 19.3 Å². The van der Waals surface area contributed by atoms with E-state index in [0.717, 1.165) is 12.8 Å². The van der Waals surface area contributed by atoms with Gasteiger partial charge in [0.25, 0.3) is 5.91 Å². The number of hydrogen-bond donors (Lipinski definition) is 3. The molecule has 1 aliphatic rings. The summed E-state index contributed by atoms with van der Waals surface area (Å²) in [5, 5.41) is 10.0. The molecule has 1 aliphatic heterocycles. The van der Waals surface area contributed by atoms with E-state index < -0.39 is 5.60 Å². The van der Waals surface area contributed by atoms with Crippen LogP contribution in [0.1, 0.15) is 19.8 Å². The first kappa shape index (κ1) is 13.8. The predicted octanol–water partition coefficient (Wildman–Crippen LogP) is 0.371. The van der Waals surface area contributed by atoms with E-state index in [-0.39, 0.29) is 12.5 Å². The first-order chi connectivity index (χ1) is 9.11. The molecule has 19 heavy (non-hydrogen) atoms. The van der Waals surface area contributed by atoms with Crippen molar-refractivity contribution >= 4 is 11.7 Å². The van der Waals surface area contributed by atoms with E-state index in [1.165, 1.54) is 0 Å². The van der Waals surface area contributed by atoms with Gasteiger partial charge in [-0.25, -0.2) is 4.98 Å². The van der Waals surface area contributed by atoms with Crippen molar-refractivity contribution in [3.63, 3.8) is 0 Å². The first-order valence-corrected chi connectivity index (χ1v) is 6.52. The Balaban J connectivity index is 1.66. The Kier molecular flexibility index (Phi) is 4.34. The summed E-state index contributed by atoms with van der Waals surface area (Å²) in [6.45, 7) is 3.46. The Labute approximate surface area is 112 Å². The summed E-state index contributed by atoms with van der Waals surface area (Å²) in [6.07, 6.45) is 3.39. The third-order valence-electron chi connectivity index (χ3n) is 3.11. The third kappa shape index (κ3) is 3.90. The number of amides is 1. The summed E-state index contributed by atoms with van der Waals surface area (Å²) in [7, 11) is 0. The van der Waals surface area contributed by atoms with Crippen LogP contribution in [0, 0.1) is 0 Å². The molecule has 0 atom stereocenters. The molecule has 1 aromatic heterocycles. The number of β-amino-alcohol motifs (C(OH)–C–C–N with tert-alkyl or cyclic N) is 1. The van der Waals surface area contributed by atoms with Gasteiger partial charge in [-0.2, -0.15) is 0 Å². The van der Waals surface area contributed by atoms with Crippen molar-refractivity contribution in [3.05, 3.63) is 24.4 Å². The van der Waals surface area contributed by atoms with Gasteiger partial charge in [0.2, 0.25) is 0 Å². The lowest BCUT2D eigenvalue weighted by molar-refractivity contribution is -0.133. The fourth-order valence-electron chi connectivity index (χ4n) is 2.33. The lowest BCUT2D eigenvalue weighted by atomic mass is 9.89. The van der Waals surface area contributed by atoms with Crippen LogP contribution in [0.15, 0.2) is 24.4 Å². The lowest BCUT2D eigenvalue weighted by Gasteiger charge is -2.46. The molecule has 0 aliphatic carbocycles. The van der Waals surface area contributed by atoms with Gasteiger partial charge in [0.15, 0.2) is 0 Å². The Hall–Kier alpha value is -1.66. The number of carbonyl (C=O) groups excluding carboxylic acids is 1. The summed E-state index contributed by atoms with van der Waals surface area (Å²) < 4.78 is 0. The van der Waals surface area contributed by atoms with Crippen molar-refractivity contribution in [1.82, 2.24) is 15.3 Å². The monoisotopic (exact) mass is 264 g/mol.